The van der Waals surface area contributed by atoms with Crippen molar-refractivity contribution >= 4 is 50.7 Å². The number of nitrogens with zero attached hydrogens (tertiary/aromatic N) is 2. The van der Waals surface area contributed by atoms with Crippen LogP contribution in [-0.4, -0.2) is 33.9 Å². The first-order chi connectivity index (χ1) is 16.9. The minimum Gasteiger partial charge on any atom is -0.462 e. The summed E-state index contributed by atoms with van der Waals surface area (Å²) >= 11 is 0.965. The number of amides is 2. The predicted octanol–water partition coefficient (Wildman–Crippen LogP) is 3.83. The molecule has 35 heavy (non-hydrogen) atoms. The molecule has 0 fully saturated rings. The van der Waals surface area contributed by atoms with E-state index in [9.17, 15) is 19.2 Å². The molecule has 0 aliphatic rings. The number of fused-ring (bicyclic) bond motifs is 1. The number of ether oxygens (including phenoxy) is 1. The number of nitrogens with one attached hydrogen (secondary N) is 2. The maximum Gasteiger partial charge on any atom is 0.341 e. The van der Waals surface area contributed by atoms with Gasteiger partial charge in [0.1, 0.15) is 11.5 Å². The van der Waals surface area contributed by atoms with Crippen LogP contribution in [0.1, 0.15) is 32.5 Å². The van der Waals surface area contributed by atoms with Gasteiger partial charge in [-0.3, -0.25) is 19.0 Å². The average Bonchev–Trinajstić information content (AvgIpc) is 3.17. The molecule has 0 radical (unpaired) electrons. The fraction of sp³-hybridized carbons (Fsp3) is 0.160. The predicted molar refractivity (Wildman–Crippen MR) is 134 cm³/mol. The number of esters is 1. The molecule has 10 heteroatoms. The summed E-state index contributed by atoms with van der Waals surface area (Å²) in [4.78, 5) is 55.6. The van der Waals surface area contributed by atoms with Gasteiger partial charge in [0.15, 0.2) is 0 Å². The van der Waals surface area contributed by atoms with Crippen molar-refractivity contribution in [2.45, 2.75) is 20.4 Å². The van der Waals surface area contributed by atoms with E-state index in [4.69, 9.17) is 4.74 Å². The summed E-state index contributed by atoms with van der Waals surface area (Å²) < 4.78 is 6.33. The van der Waals surface area contributed by atoms with Crippen molar-refractivity contribution in [3.05, 3.63) is 87.3 Å². The van der Waals surface area contributed by atoms with Crippen LogP contribution in [0.25, 0.3) is 10.9 Å². The second-order valence-electron chi connectivity index (χ2n) is 7.54. The number of aromatic nitrogens is 2. The molecule has 2 aromatic heterocycles. The third-order valence-corrected chi connectivity index (χ3v) is 6.37. The van der Waals surface area contributed by atoms with Gasteiger partial charge in [-0.25, -0.2) is 9.78 Å². The summed E-state index contributed by atoms with van der Waals surface area (Å²) in [5, 5.41) is 6.01. The van der Waals surface area contributed by atoms with Crippen LogP contribution >= 0.6 is 11.3 Å². The molecular formula is C25H22N4O5S. The lowest BCUT2D eigenvalue weighted by Gasteiger charge is -2.09. The molecule has 0 saturated heterocycles. The Labute approximate surface area is 204 Å². The van der Waals surface area contributed by atoms with Gasteiger partial charge in [-0.15, -0.1) is 11.3 Å². The Hall–Kier alpha value is -4.31. The number of para-hydroxylation sites is 2. The van der Waals surface area contributed by atoms with Gasteiger partial charge in [0.25, 0.3) is 11.5 Å². The molecule has 0 bridgehead atoms. The fourth-order valence-corrected chi connectivity index (χ4v) is 4.62. The molecule has 0 unspecified atom stereocenters. The summed E-state index contributed by atoms with van der Waals surface area (Å²) in [5.74, 6) is -1.62. The van der Waals surface area contributed by atoms with Crippen molar-refractivity contribution in [2.24, 2.45) is 0 Å². The van der Waals surface area contributed by atoms with Crippen molar-refractivity contribution in [1.82, 2.24) is 9.55 Å². The monoisotopic (exact) mass is 490 g/mol. The Kier molecular flexibility index (Phi) is 7.02. The third-order valence-electron chi connectivity index (χ3n) is 5.16. The number of hydrogen-bond donors (Lipinski definition) is 2. The van der Waals surface area contributed by atoms with E-state index in [0.29, 0.717) is 22.2 Å². The molecule has 0 atom stereocenters. The van der Waals surface area contributed by atoms with E-state index in [1.165, 1.54) is 10.9 Å². The van der Waals surface area contributed by atoms with Crippen LogP contribution in [0.2, 0.25) is 0 Å². The largest absolute Gasteiger partial charge is 0.462 e. The average molecular weight is 491 g/mol. The van der Waals surface area contributed by atoms with Crippen molar-refractivity contribution in [2.75, 3.05) is 17.2 Å². The first-order valence-electron chi connectivity index (χ1n) is 10.8. The Bertz CT molecular complexity index is 1480. The number of anilines is 2. The third kappa shape index (κ3) is 5.12. The second-order valence-corrected chi connectivity index (χ2v) is 8.56. The van der Waals surface area contributed by atoms with Crippen LogP contribution < -0.4 is 16.2 Å². The lowest BCUT2D eigenvalue weighted by molar-refractivity contribution is -0.116. The molecule has 2 aromatic carbocycles. The molecule has 178 valence electrons. The number of thiophene rings is 1. The lowest BCUT2D eigenvalue weighted by atomic mass is 10.1. The molecule has 2 amide bonds. The Morgan fingerprint density at radius 2 is 1.74 bits per heavy atom. The second kappa shape index (κ2) is 10.3. The van der Waals surface area contributed by atoms with Crippen LogP contribution in [0.3, 0.4) is 0 Å². The van der Waals surface area contributed by atoms with Gasteiger partial charge in [-0.2, -0.15) is 0 Å². The molecule has 9 nitrogen and oxygen atoms in total. The van der Waals surface area contributed by atoms with E-state index in [0.717, 1.165) is 11.3 Å². The minimum absolute atomic E-state index is 0.104. The molecule has 4 rings (SSSR count). The van der Waals surface area contributed by atoms with E-state index in [1.807, 2.05) is 6.07 Å². The molecule has 2 N–H and O–H groups in total. The van der Waals surface area contributed by atoms with Gasteiger partial charge in [-0.1, -0.05) is 30.3 Å². The van der Waals surface area contributed by atoms with Gasteiger partial charge in [0, 0.05) is 5.69 Å². The van der Waals surface area contributed by atoms with Gasteiger partial charge in [-0.05, 0) is 43.7 Å². The smallest absolute Gasteiger partial charge is 0.341 e. The van der Waals surface area contributed by atoms with Crippen molar-refractivity contribution in [3.63, 3.8) is 0 Å². The highest BCUT2D eigenvalue weighted by Crippen LogP contribution is 2.34. The van der Waals surface area contributed by atoms with E-state index in [1.54, 1.807) is 62.4 Å². The number of carbonyl (C=O) groups excluding carboxylic acids is 3. The van der Waals surface area contributed by atoms with Gasteiger partial charge < -0.3 is 15.4 Å². The number of benzene rings is 2. The number of carbonyl (C=O) groups is 3. The summed E-state index contributed by atoms with van der Waals surface area (Å²) in [6.45, 7) is 3.10. The molecule has 0 aliphatic carbocycles. The SMILES string of the molecule is CCOC(=O)c1c(NC(=O)Cn2cnc3ccccc3c2=O)sc(C(=O)Nc2ccccc2)c1C. The quantitative estimate of drug-likeness (QED) is 0.380. The highest BCUT2D eigenvalue weighted by atomic mass is 32.1. The zero-order valence-corrected chi connectivity index (χ0v) is 19.8. The maximum absolute atomic E-state index is 12.9. The van der Waals surface area contributed by atoms with Gasteiger partial charge in [0.2, 0.25) is 5.91 Å². The van der Waals surface area contributed by atoms with Crippen LogP contribution in [0.5, 0.6) is 0 Å². The number of rotatable bonds is 7. The number of hydrogen-bond acceptors (Lipinski definition) is 7. The molecule has 0 saturated carbocycles. The topological polar surface area (TPSA) is 119 Å². The highest BCUT2D eigenvalue weighted by Gasteiger charge is 2.27. The summed E-state index contributed by atoms with van der Waals surface area (Å²) in [6.07, 6.45) is 1.30. The summed E-state index contributed by atoms with van der Waals surface area (Å²) in [5.41, 5.74) is 1.26. The zero-order chi connectivity index (χ0) is 24.9. The maximum atomic E-state index is 12.9. The van der Waals surface area contributed by atoms with Gasteiger partial charge >= 0.3 is 5.97 Å². The van der Waals surface area contributed by atoms with Crippen molar-refractivity contribution in [3.8, 4) is 0 Å². The molecule has 0 spiro atoms. The van der Waals surface area contributed by atoms with E-state index in [-0.39, 0.29) is 34.2 Å². The Balaban J connectivity index is 1.61. The molecule has 4 aromatic rings. The Morgan fingerprint density at radius 1 is 1.03 bits per heavy atom. The summed E-state index contributed by atoms with van der Waals surface area (Å²) in [6, 6.07) is 15.7. The van der Waals surface area contributed by atoms with E-state index in [2.05, 4.69) is 15.6 Å². The normalized spacial score (nSPS) is 10.7. The van der Waals surface area contributed by atoms with Crippen LogP contribution in [0, 0.1) is 6.92 Å². The van der Waals surface area contributed by atoms with Gasteiger partial charge in [0.05, 0.1) is 34.3 Å². The van der Waals surface area contributed by atoms with E-state index < -0.39 is 17.8 Å². The molecule has 2 heterocycles. The lowest BCUT2D eigenvalue weighted by Crippen LogP contribution is -2.28. The standard InChI is InChI=1S/C25H22N4O5S/c1-3-34-25(33)20-15(2)21(22(31)27-16-9-5-4-6-10-16)35-23(20)28-19(30)13-29-14-26-18-12-8-7-11-17(18)24(29)32/h4-12,14H,3,13H2,1-2H3,(H,27,31)(H,28,30). The van der Waals surface area contributed by atoms with Crippen LogP contribution in [0.4, 0.5) is 10.7 Å². The van der Waals surface area contributed by atoms with Crippen LogP contribution in [0.15, 0.2) is 65.7 Å². The Morgan fingerprint density at radius 3 is 2.49 bits per heavy atom. The van der Waals surface area contributed by atoms with Crippen molar-refractivity contribution < 1.29 is 19.1 Å². The fourth-order valence-electron chi connectivity index (χ4n) is 3.52. The summed E-state index contributed by atoms with van der Waals surface area (Å²) in [7, 11) is 0. The molecular weight excluding hydrogens is 468 g/mol. The minimum atomic E-state index is -0.653. The zero-order valence-electron chi connectivity index (χ0n) is 19.0. The van der Waals surface area contributed by atoms with E-state index >= 15 is 0 Å². The van der Waals surface area contributed by atoms with Crippen LogP contribution in [-0.2, 0) is 16.1 Å². The molecule has 0 aliphatic heterocycles. The first kappa shape index (κ1) is 23.8. The highest BCUT2D eigenvalue weighted by molar-refractivity contribution is 7.18. The first-order valence-corrected chi connectivity index (χ1v) is 11.6. The van der Waals surface area contributed by atoms with Crippen molar-refractivity contribution in [1.29, 1.82) is 0 Å².